The van der Waals surface area contributed by atoms with Crippen LogP contribution >= 0.6 is 0 Å². The summed E-state index contributed by atoms with van der Waals surface area (Å²) in [6.45, 7) is 0. The van der Waals surface area contributed by atoms with Crippen molar-refractivity contribution >= 4 is 63.3 Å². The van der Waals surface area contributed by atoms with Crippen molar-refractivity contribution in [2.24, 2.45) is 0 Å². The second-order valence-electron chi connectivity index (χ2n) is 21.8. The largest absolute Gasteiger partial charge is 0.278 e. The van der Waals surface area contributed by atoms with Crippen LogP contribution < -0.4 is 0 Å². The Morgan fingerprint density at radius 2 is 0.628 bits per heavy atom. The van der Waals surface area contributed by atoms with Crippen molar-refractivity contribution in [3.05, 3.63) is 267 Å². The van der Waals surface area contributed by atoms with Crippen LogP contribution in [0.25, 0.3) is 145 Å². The van der Waals surface area contributed by atoms with E-state index in [-0.39, 0.29) is 19.6 Å². The summed E-state index contributed by atoms with van der Waals surface area (Å²) in [5.41, 5.74) is 16.5. The van der Waals surface area contributed by atoms with E-state index < -0.39 is 19.7 Å². The summed E-state index contributed by atoms with van der Waals surface area (Å²) < 4.78 is 61.4. The fourth-order valence-corrected chi connectivity index (χ4v) is 16.1. The van der Waals surface area contributed by atoms with Crippen molar-refractivity contribution in [1.82, 2.24) is 29.1 Å². The number of sulfone groups is 2. The molecule has 0 amide bonds. The van der Waals surface area contributed by atoms with Crippen molar-refractivity contribution < 1.29 is 16.8 Å². The molecule has 0 fully saturated rings. The van der Waals surface area contributed by atoms with Gasteiger partial charge >= 0.3 is 0 Å². The standard InChI is InChI=1S/C74H44N6O4S2/c81-85(82)67-38-33-55(43-61(67)70-68(85)44-75-73(77-70)79-62-34-29-51(45-15-5-1-6-16-45)39-57(62)58-40-52(30-35-63(58)79)46-17-7-2-8-18-46)49-27-25-48(26-28-49)54-32-37-65-60(42-54)59-41-53(47-19-9-3-10-20-47)31-36-64(59)80(65)74-76-69(50-21-11-4-12-22-50)72-71(78-74)56-23-13-14-24-66(56)86(72,83)84/h1-44H. The Balaban J connectivity index is 0.766. The molecular formula is C74H44N6O4S2. The summed E-state index contributed by atoms with van der Waals surface area (Å²) >= 11 is 0. The highest BCUT2D eigenvalue weighted by Gasteiger charge is 2.39. The van der Waals surface area contributed by atoms with Gasteiger partial charge in [0.05, 0.1) is 55.1 Å². The first kappa shape index (κ1) is 49.7. The van der Waals surface area contributed by atoms with Crippen LogP contribution in [0, 0.1) is 0 Å². The van der Waals surface area contributed by atoms with Crippen molar-refractivity contribution in [3.8, 4) is 101 Å². The SMILES string of the molecule is O=S1(=O)c2ccc(-c3ccc(-c4ccc5c(c4)c4cc(-c6ccccc6)ccc4n5-c4nc(-c5ccccc5)c5c(n4)-c4ccccc4S5(=O)=O)cc3)cc2-c2nc(-n3c4ccc(-c5ccccc5)cc4c4cc(-c5ccccc5)ccc43)ncc21. The van der Waals surface area contributed by atoms with Gasteiger partial charge in [0, 0.05) is 38.2 Å². The number of hydrogen-bond donors (Lipinski definition) is 0. The van der Waals surface area contributed by atoms with Gasteiger partial charge in [-0.05, 0) is 122 Å². The monoisotopic (exact) mass is 1140 g/mol. The van der Waals surface area contributed by atoms with Gasteiger partial charge in [-0.3, -0.25) is 9.13 Å². The molecule has 0 aliphatic carbocycles. The third-order valence-corrected chi connectivity index (χ3v) is 20.6. The molecule has 2 aliphatic heterocycles. The Labute approximate surface area is 494 Å². The van der Waals surface area contributed by atoms with Crippen LogP contribution in [0.2, 0.25) is 0 Å². The smallest absolute Gasteiger partial charge is 0.235 e. The van der Waals surface area contributed by atoms with Gasteiger partial charge in [-0.2, -0.15) is 0 Å². The Morgan fingerprint density at radius 3 is 1.12 bits per heavy atom. The lowest BCUT2D eigenvalue weighted by Crippen LogP contribution is -2.07. The number of nitrogens with zero attached hydrogens (tertiary/aromatic N) is 6. The lowest BCUT2D eigenvalue weighted by molar-refractivity contribution is 0.596. The van der Waals surface area contributed by atoms with E-state index >= 15 is 0 Å². The average Bonchev–Trinajstić information content (AvgIpc) is 1.68. The number of benzene rings is 11. The van der Waals surface area contributed by atoms with Crippen LogP contribution in [0.3, 0.4) is 0 Å². The van der Waals surface area contributed by atoms with Crippen molar-refractivity contribution in [1.29, 1.82) is 0 Å². The first-order valence-corrected chi connectivity index (χ1v) is 31.1. The first-order chi connectivity index (χ1) is 42.1. The summed E-state index contributed by atoms with van der Waals surface area (Å²) in [5.74, 6) is 0.726. The van der Waals surface area contributed by atoms with E-state index in [0.717, 1.165) is 99.2 Å². The molecule has 17 rings (SSSR count). The van der Waals surface area contributed by atoms with Gasteiger partial charge in [0.1, 0.15) is 9.79 Å². The predicted octanol–water partition coefficient (Wildman–Crippen LogP) is 17.1. The topological polar surface area (TPSA) is 130 Å². The molecule has 15 aromatic rings. The molecule has 0 atom stereocenters. The van der Waals surface area contributed by atoms with Gasteiger partial charge in [-0.15, -0.1) is 0 Å². The fourth-order valence-electron chi connectivity index (χ4n) is 12.8. The zero-order valence-corrected chi connectivity index (χ0v) is 47.2. The van der Waals surface area contributed by atoms with E-state index in [9.17, 15) is 16.8 Å². The number of fused-ring (bicyclic) bond motifs is 12. The van der Waals surface area contributed by atoms with E-state index in [1.54, 1.807) is 18.2 Å². The lowest BCUT2D eigenvalue weighted by Gasteiger charge is -2.13. The van der Waals surface area contributed by atoms with Gasteiger partial charge in [-0.25, -0.2) is 36.8 Å². The van der Waals surface area contributed by atoms with Crippen molar-refractivity contribution in [2.45, 2.75) is 19.6 Å². The summed E-state index contributed by atoms with van der Waals surface area (Å²) in [4.78, 5) is 20.9. The Hall–Kier alpha value is -10.9. The molecule has 0 saturated heterocycles. The van der Waals surface area contributed by atoms with Crippen LogP contribution in [-0.2, 0) is 19.7 Å². The summed E-state index contributed by atoms with van der Waals surface area (Å²) in [6, 6.07) is 86.8. The summed E-state index contributed by atoms with van der Waals surface area (Å²) in [5, 5.41) is 4.00. The van der Waals surface area contributed by atoms with E-state index in [4.69, 9.17) is 19.9 Å². The van der Waals surface area contributed by atoms with E-state index in [2.05, 4.69) is 133 Å². The molecule has 406 valence electrons. The molecule has 86 heavy (non-hydrogen) atoms. The van der Waals surface area contributed by atoms with Crippen LogP contribution in [-0.4, -0.2) is 45.9 Å². The Bertz CT molecular complexity index is 5500. The Kier molecular flexibility index (Phi) is 10.9. The molecule has 2 aliphatic rings. The zero-order valence-electron chi connectivity index (χ0n) is 45.5. The molecule has 0 bridgehead atoms. The molecule has 0 saturated carbocycles. The molecule has 11 aromatic carbocycles. The van der Waals surface area contributed by atoms with E-state index in [1.165, 1.54) is 6.20 Å². The summed E-state index contributed by atoms with van der Waals surface area (Å²) in [6.07, 6.45) is 1.46. The molecule has 6 heterocycles. The molecule has 12 heteroatoms. The molecule has 0 spiro atoms. The number of hydrogen-bond acceptors (Lipinski definition) is 8. The van der Waals surface area contributed by atoms with Gasteiger partial charge in [0.2, 0.25) is 31.6 Å². The Morgan fingerprint density at radius 1 is 0.267 bits per heavy atom. The molecule has 4 aromatic heterocycles. The van der Waals surface area contributed by atoms with Crippen LogP contribution in [0.15, 0.2) is 287 Å². The molecular weight excluding hydrogens is 1100 g/mol. The van der Waals surface area contributed by atoms with Gasteiger partial charge in [0.15, 0.2) is 0 Å². The minimum Gasteiger partial charge on any atom is -0.278 e. The maximum absolute atomic E-state index is 14.3. The maximum Gasteiger partial charge on any atom is 0.235 e. The van der Waals surface area contributed by atoms with Gasteiger partial charge in [0.25, 0.3) is 0 Å². The summed E-state index contributed by atoms with van der Waals surface area (Å²) in [7, 11) is -7.85. The number of aromatic nitrogens is 6. The number of rotatable bonds is 8. The highest BCUT2D eigenvalue weighted by Crippen LogP contribution is 2.48. The predicted molar refractivity (Wildman–Crippen MR) is 341 cm³/mol. The second kappa shape index (κ2) is 18.8. The van der Waals surface area contributed by atoms with Crippen LogP contribution in [0.4, 0.5) is 0 Å². The average molecular weight is 1150 g/mol. The third kappa shape index (κ3) is 7.56. The van der Waals surface area contributed by atoms with Gasteiger partial charge < -0.3 is 0 Å². The van der Waals surface area contributed by atoms with Crippen LogP contribution in [0.5, 0.6) is 0 Å². The second-order valence-corrected chi connectivity index (χ2v) is 25.5. The highest BCUT2D eigenvalue weighted by molar-refractivity contribution is 7.92. The zero-order chi connectivity index (χ0) is 57.4. The van der Waals surface area contributed by atoms with Crippen molar-refractivity contribution in [2.75, 3.05) is 0 Å². The fraction of sp³-hybridized carbons (Fsp3) is 0. The highest BCUT2D eigenvalue weighted by atomic mass is 32.2. The third-order valence-electron chi connectivity index (χ3n) is 17.0. The minimum absolute atomic E-state index is 0.0764. The molecule has 0 unspecified atom stereocenters. The molecule has 0 N–H and O–H groups in total. The van der Waals surface area contributed by atoms with E-state index in [0.29, 0.717) is 45.7 Å². The molecule has 10 nitrogen and oxygen atoms in total. The van der Waals surface area contributed by atoms with Gasteiger partial charge in [-0.1, -0.05) is 194 Å². The molecule has 0 radical (unpaired) electrons. The quantitative estimate of drug-likeness (QED) is 0.147. The van der Waals surface area contributed by atoms with Crippen molar-refractivity contribution in [3.63, 3.8) is 0 Å². The maximum atomic E-state index is 14.3. The van der Waals surface area contributed by atoms with E-state index in [1.807, 2.05) is 118 Å². The van der Waals surface area contributed by atoms with Crippen LogP contribution in [0.1, 0.15) is 0 Å². The normalized spacial score (nSPS) is 13.5. The first-order valence-electron chi connectivity index (χ1n) is 28.2. The minimum atomic E-state index is -3.93. The lowest BCUT2D eigenvalue weighted by atomic mass is 9.97.